The van der Waals surface area contributed by atoms with Crippen LogP contribution in [-0.2, 0) is 20.4 Å². The largest absolute Gasteiger partial charge is 0.478 e. The van der Waals surface area contributed by atoms with Gasteiger partial charge in [0.15, 0.2) is 0 Å². The first-order valence-electron chi connectivity index (χ1n) is 12.5. The molecular formula is C30H25N3O5. The molecule has 190 valence electrons. The molecule has 3 aromatic rings. The van der Waals surface area contributed by atoms with Gasteiger partial charge in [-0.15, -0.1) is 0 Å². The molecule has 1 N–H and O–H groups in total. The number of carboxylic acids is 1. The van der Waals surface area contributed by atoms with E-state index in [2.05, 4.69) is 19.9 Å². The third-order valence-corrected chi connectivity index (χ3v) is 8.35. The lowest BCUT2D eigenvalue weighted by atomic mass is 9.75. The van der Waals surface area contributed by atoms with Gasteiger partial charge in [0.05, 0.1) is 46.2 Å². The van der Waals surface area contributed by atoms with Gasteiger partial charge < -0.3 is 9.84 Å². The summed E-state index contributed by atoms with van der Waals surface area (Å²) in [5.74, 6) is -1.18. The van der Waals surface area contributed by atoms with Gasteiger partial charge in [0.2, 0.25) is 5.91 Å². The van der Waals surface area contributed by atoms with Crippen LogP contribution in [0.4, 0.5) is 21.9 Å². The number of fused-ring (bicyclic) bond motifs is 2. The number of nitriles is 1. The third-order valence-electron chi connectivity index (χ3n) is 8.35. The molecule has 2 aliphatic heterocycles. The minimum Gasteiger partial charge on any atom is -0.478 e. The zero-order valence-electron chi connectivity index (χ0n) is 21.0. The molecule has 0 unspecified atom stereocenters. The Bertz CT molecular complexity index is 1560. The first-order chi connectivity index (χ1) is 18.2. The van der Waals surface area contributed by atoms with Crippen LogP contribution in [0.15, 0.2) is 66.7 Å². The fraction of sp³-hybridized carbons (Fsp3) is 0.267. The minimum atomic E-state index is -1.16. The molecule has 3 aromatic carbocycles. The van der Waals surface area contributed by atoms with Crippen LogP contribution >= 0.6 is 0 Å². The lowest BCUT2D eigenvalue weighted by molar-refractivity contribution is -0.120. The van der Waals surface area contributed by atoms with Gasteiger partial charge in [-0.25, -0.2) is 9.59 Å². The van der Waals surface area contributed by atoms with E-state index in [1.165, 1.54) is 17.0 Å². The first kappa shape index (κ1) is 23.7. The van der Waals surface area contributed by atoms with E-state index in [4.69, 9.17) is 4.74 Å². The molecule has 3 aliphatic rings. The summed E-state index contributed by atoms with van der Waals surface area (Å²) in [5, 5.41) is 19.1. The first-order valence-corrected chi connectivity index (χ1v) is 12.5. The van der Waals surface area contributed by atoms with Crippen LogP contribution in [0.1, 0.15) is 47.3 Å². The summed E-state index contributed by atoms with van der Waals surface area (Å²) >= 11 is 0. The second-order valence-corrected chi connectivity index (χ2v) is 10.4. The zero-order valence-corrected chi connectivity index (χ0v) is 21.0. The number of cyclic esters (lactones) is 1. The summed E-state index contributed by atoms with van der Waals surface area (Å²) in [6.45, 7) is 4.72. The van der Waals surface area contributed by atoms with Crippen LogP contribution in [-0.4, -0.2) is 36.2 Å². The number of hydrogen-bond acceptors (Lipinski definition) is 5. The Morgan fingerprint density at radius 2 is 1.76 bits per heavy atom. The van der Waals surface area contributed by atoms with E-state index >= 15 is 0 Å². The summed E-state index contributed by atoms with van der Waals surface area (Å²) in [4.78, 5) is 41.9. The summed E-state index contributed by atoms with van der Waals surface area (Å²) in [6, 6.07) is 21.8. The van der Waals surface area contributed by atoms with E-state index < -0.39 is 22.9 Å². The molecule has 0 aromatic heterocycles. The molecule has 2 atom stereocenters. The highest BCUT2D eigenvalue weighted by Gasteiger charge is 2.77. The van der Waals surface area contributed by atoms with Gasteiger partial charge in [-0.2, -0.15) is 5.26 Å². The van der Waals surface area contributed by atoms with Crippen molar-refractivity contribution < 1.29 is 24.2 Å². The fourth-order valence-corrected chi connectivity index (χ4v) is 6.53. The number of aromatic carboxylic acids is 1. The van der Waals surface area contributed by atoms with Gasteiger partial charge in [-0.3, -0.25) is 14.6 Å². The fourth-order valence-electron chi connectivity index (χ4n) is 6.53. The molecule has 0 radical (unpaired) electrons. The highest BCUT2D eigenvalue weighted by atomic mass is 16.6. The number of nitrogens with zero attached hydrogens (tertiary/aromatic N) is 3. The van der Waals surface area contributed by atoms with E-state index in [0.717, 1.165) is 11.1 Å². The Kier molecular flexibility index (Phi) is 5.11. The smallest absolute Gasteiger partial charge is 0.414 e. The number of rotatable bonds is 5. The Morgan fingerprint density at radius 3 is 2.39 bits per heavy atom. The lowest BCUT2D eigenvalue weighted by Crippen LogP contribution is -2.36. The van der Waals surface area contributed by atoms with Crippen molar-refractivity contribution in [1.82, 2.24) is 0 Å². The Labute approximate surface area is 219 Å². The van der Waals surface area contributed by atoms with Crippen LogP contribution < -0.4 is 9.80 Å². The van der Waals surface area contributed by atoms with Crippen LogP contribution in [0.5, 0.6) is 0 Å². The maximum Gasteiger partial charge on any atom is 0.414 e. The highest BCUT2D eigenvalue weighted by molar-refractivity contribution is 6.17. The normalized spacial score (nSPS) is 23.5. The molecule has 2 fully saturated rings. The molecule has 1 saturated heterocycles. The molecular weight excluding hydrogens is 482 g/mol. The predicted molar refractivity (Wildman–Crippen MR) is 140 cm³/mol. The van der Waals surface area contributed by atoms with E-state index in [1.807, 2.05) is 36.4 Å². The molecule has 38 heavy (non-hydrogen) atoms. The van der Waals surface area contributed by atoms with Crippen molar-refractivity contribution in [2.75, 3.05) is 23.0 Å². The molecule has 2 heterocycles. The standard InChI is InChI=1S/C30H25N3O5/c1-18(2)29(21-9-7-19(16-31)8-10-21)17-30(29)24-5-3-4-6-25(24)33(27(30)36)23-14-20(26(34)35)13-22(15-23)32-11-12-38-28(32)37/h3-10,13-15,18H,11-12,17H2,1-2H3,(H,34,35)/t29-,30-/m0/s1. The van der Waals surface area contributed by atoms with Crippen molar-refractivity contribution in [2.24, 2.45) is 5.92 Å². The van der Waals surface area contributed by atoms with Crippen molar-refractivity contribution in [2.45, 2.75) is 31.1 Å². The molecule has 8 nitrogen and oxygen atoms in total. The Balaban J connectivity index is 1.52. The number of carbonyl (C=O) groups is 3. The lowest BCUT2D eigenvalue weighted by Gasteiger charge is -2.27. The molecule has 8 heteroatoms. The number of benzene rings is 3. The van der Waals surface area contributed by atoms with Crippen molar-refractivity contribution in [3.8, 4) is 6.07 Å². The molecule has 1 spiro atoms. The van der Waals surface area contributed by atoms with Crippen molar-refractivity contribution in [1.29, 1.82) is 5.26 Å². The van der Waals surface area contributed by atoms with E-state index in [1.54, 1.807) is 23.1 Å². The van der Waals surface area contributed by atoms with Crippen molar-refractivity contribution in [3.63, 3.8) is 0 Å². The number of para-hydroxylation sites is 1. The Hall–Kier alpha value is -4.64. The van der Waals surface area contributed by atoms with E-state index in [9.17, 15) is 24.8 Å². The van der Waals surface area contributed by atoms with Crippen LogP contribution in [0.25, 0.3) is 0 Å². The number of carboxylic acid groups (broad SMARTS) is 1. The topological polar surface area (TPSA) is 111 Å². The van der Waals surface area contributed by atoms with Crippen molar-refractivity contribution in [3.05, 3.63) is 89.0 Å². The average Bonchev–Trinajstić information content (AvgIpc) is 3.36. The van der Waals surface area contributed by atoms with Crippen molar-refractivity contribution >= 4 is 35.0 Å². The summed E-state index contributed by atoms with van der Waals surface area (Å²) in [5.41, 5.74) is 2.55. The number of amides is 2. The summed E-state index contributed by atoms with van der Waals surface area (Å²) in [6.07, 6.45) is 0.0461. The predicted octanol–water partition coefficient (Wildman–Crippen LogP) is 5.13. The Morgan fingerprint density at radius 1 is 1.05 bits per heavy atom. The molecule has 1 aliphatic carbocycles. The summed E-state index contributed by atoms with van der Waals surface area (Å²) < 4.78 is 5.06. The van der Waals surface area contributed by atoms with Crippen LogP contribution in [0.3, 0.4) is 0 Å². The number of hydrogen-bond donors (Lipinski definition) is 1. The van der Waals surface area contributed by atoms with Gasteiger partial charge >= 0.3 is 12.1 Å². The number of carbonyl (C=O) groups excluding carboxylic acids is 2. The number of ether oxygens (including phenoxy) is 1. The third kappa shape index (κ3) is 3.05. The van der Waals surface area contributed by atoms with E-state index in [0.29, 0.717) is 35.6 Å². The quantitative estimate of drug-likeness (QED) is 0.513. The molecule has 1 saturated carbocycles. The second-order valence-electron chi connectivity index (χ2n) is 10.4. The van der Waals surface area contributed by atoms with Gasteiger partial charge in [0.25, 0.3) is 0 Å². The second kappa shape index (κ2) is 8.18. The van der Waals surface area contributed by atoms with E-state index in [-0.39, 0.29) is 24.0 Å². The monoisotopic (exact) mass is 507 g/mol. The number of anilines is 3. The van der Waals surface area contributed by atoms with Gasteiger partial charge in [-0.1, -0.05) is 44.2 Å². The SMILES string of the molecule is CC(C)[C@]1(c2ccc(C#N)cc2)C[C@]12C(=O)N(c1cc(C(=O)O)cc(N3CCOC3=O)c1)c1ccccc12. The molecule has 6 rings (SSSR count). The van der Waals surface area contributed by atoms with Gasteiger partial charge in [0, 0.05) is 5.41 Å². The summed E-state index contributed by atoms with van der Waals surface area (Å²) in [7, 11) is 0. The molecule has 2 amide bonds. The van der Waals surface area contributed by atoms with Crippen LogP contribution in [0, 0.1) is 17.2 Å². The van der Waals surface area contributed by atoms with Crippen LogP contribution in [0.2, 0.25) is 0 Å². The average molecular weight is 508 g/mol. The minimum absolute atomic E-state index is 0.0264. The maximum absolute atomic E-state index is 14.6. The zero-order chi connectivity index (χ0) is 26.8. The highest BCUT2D eigenvalue weighted by Crippen LogP contribution is 2.73. The van der Waals surface area contributed by atoms with Gasteiger partial charge in [-0.05, 0) is 59.9 Å². The molecule has 0 bridgehead atoms. The van der Waals surface area contributed by atoms with Gasteiger partial charge in [0.1, 0.15) is 6.61 Å². The maximum atomic E-state index is 14.6.